The Bertz CT molecular complexity index is 1720. The molecule has 4 fully saturated rings. The molecule has 2 aromatic rings. The van der Waals surface area contributed by atoms with Crippen LogP contribution in [0.5, 0.6) is 23.0 Å². The molecule has 2 aromatic carbocycles. The largest absolute Gasteiger partial charge is 0.493 e. The van der Waals surface area contributed by atoms with Crippen molar-refractivity contribution in [3.05, 3.63) is 57.7 Å². The van der Waals surface area contributed by atoms with Gasteiger partial charge in [-0.25, -0.2) is 0 Å². The van der Waals surface area contributed by atoms with Crippen LogP contribution < -0.4 is 29.6 Å². The van der Waals surface area contributed by atoms with Gasteiger partial charge in [0, 0.05) is 47.2 Å². The number of hydrogen-bond donors (Lipinski definition) is 2. The van der Waals surface area contributed by atoms with Gasteiger partial charge in [0.15, 0.2) is 35.2 Å². The number of benzene rings is 2. The van der Waals surface area contributed by atoms with Gasteiger partial charge in [0.25, 0.3) is 0 Å². The Morgan fingerprint density at radius 1 is 0.615 bits per heavy atom. The van der Waals surface area contributed by atoms with Gasteiger partial charge < -0.3 is 48.5 Å². The summed E-state index contributed by atoms with van der Waals surface area (Å²) < 4.78 is 48.6. The van der Waals surface area contributed by atoms with Crippen LogP contribution in [0, 0.1) is 11.8 Å². The SMILES string of the molecule is COc1ccc2c3c1O[C@@H]1C3=C(CCC13OCCO3)[C@H](NCC1CC1)C2.COc1ccc2c3c1O[C@@H]1C3=C(CCC13OCCO3)[C@H](NCC1CC1)C2. The van der Waals surface area contributed by atoms with E-state index in [1.165, 1.54) is 70.2 Å². The Morgan fingerprint density at radius 3 is 1.42 bits per heavy atom. The van der Waals surface area contributed by atoms with Crippen LogP contribution in [0.1, 0.15) is 73.6 Å². The lowest BCUT2D eigenvalue weighted by molar-refractivity contribution is -0.201. The van der Waals surface area contributed by atoms with Gasteiger partial charge in [0.2, 0.25) is 11.6 Å². The first-order valence-electron chi connectivity index (χ1n) is 19.8. The summed E-state index contributed by atoms with van der Waals surface area (Å²) in [5.41, 5.74) is 10.8. The van der Waals surface area contributed by atoms with E-state index in [2.05, 4.69) is 22.8 Å². The van der Waals surface area contributed by atoms with Gasteiger partial charge in [-0.1, -0.05) is 12.1 Å². The molecule has 2 saturated heterocycles. The maximum atomic E-state index is 6.49. The van der Waals surface area contributed by atoms with Crippen LogP contribution in [0.3, 0.4) is 0 Å². The lowest BCUT2D eigenvalue weighted by atomic mass is 9.73. The minimum Gasteiger partial charge on any atom is -0.493 e. The Morgan fingerprint density at radius 2 is 1.04 bits per heavy atom. The van der Waals surface area contributed by atoms with E-state index in [0.717, 1.165) is 86.4 Å². The molecule has 10 heteroatoms. The lowest BCUT2D eigenvalue weighted by Crippen LogP contribution is -2.51. The fourth-order valence-corrected chi connectivity index (χ4v) is 10.3. The zero-order valence-corrected chi connectivity index (χ0v) is 30.4. The number of ether oxygens (including phenoxy) is 8. The minimum absolute atomic E-state index is 0.177. The van der Waals surface area contributed by atoms with Gasteiger partial charge in [-0.3, -0.25) is 0 Å². The lowest BCUT2D eigenvalue weighted by Gasteiger charge is -2.41. The first kappa shape index (κ1) is 32.3. The van der Waals surface area contributed by atoms with Crippen molar-refractivity contribution in [1.82, 2.24) is 10.6 Å². The molecule has 10 aliphatic rings. The van der Waals surface area contributed by atoms with Crippen molar-refractivity contribution in [2.24, 2.45) is 11.8 Å². The molecule has 2 spiro atoms. The highest BCUT2D eigenvalue weighted by molar-refractivity contribution is 5.88. The van der Waals surface area contributed by atoms with Crippen molar-refractivity contribution < 1.29 is 37.9 Å². The van der Waals surface area contributed by atoms with Crippen LogP contribution in [0.2, 0.25) is 0 Å². The van der Waals surface area contributed by atoms with E-state index in [9.17, 15) is 0 Å². The highest BCUT2D eigenvalue weighted by Gasteiger charge is 2.58. The third-order valence-corrected chi connectivity index (χ3v) is 13.3. The van der Waals surface area contributed by atoms with E-state index in [-0.39, 0.29) is 12.2 Å². The molecular formula is C42H50N2O8. The first-order valence-corrected chi connectivity index (χ1v) is 19.8. The van der Waals surface area contributed by atoms with E-state index < -0.39 is 11.6 Å². The predicted molar refractivity (Wildman–Crippen MR) is 193 cm³/mol. The van der Waals surface area contributed by atoms with Crippen molar-refractivity contribution in [2.75, 3.05) is 53.7 Å². The second kappa shape index (κ2) is 12.2. The van der Waals surface area contributed by atoms with Crippen molar-refractivity contribution in [3.8, 4) is 23.0 Å². The third kappa shape index (κ3) is 4.97. The summed E-state index contributed by atoms with van der Waals surface area (Å²) in [5.74, 6) is 3.87. The second-order valence-corrected chi connectivity index (χ2v) is 16.4. The van der Waals surface area contributed by atoms with Crippen molar-refractivity contribution >= 4 is 11.1 Å². The quantitative estimate of drug-likeness (QED) is 0.374. The average Bonchev–Trinajstić information content (AvgIpc) is 3.95. The first-order chi connectivity index (χ1) is 25.6. The summed E-state index contributed by atoms with van der Waals surface area (Å²) in [6, 6.07) is 9.30. The molecule has 10 nitrogen and oxygen atoms in total. The second-order valence-electron chi connectivity index (χ2n) is 16.4. The van der Waals surface area contributed by atoms with Crippen LogP contribution in [-0.4, -0.2) is 89.6 Å². The standard InChI is InChI=1S/2C21H25NO4/c2*1-23-16-5-4-13-10-15(22-11-12-2-3-12)14-6-7-21(24-8-9-25-21)20-18(14)17(13)19(16)26-20/h2*4-5,12,15,20,22H,2-3,6-11H2,1H3/t2*15-,20-/m11/s1. The summed E-state index contributed by atoms with van der Waals surface area (Å²) in [5, 5.41) is 7.70. The van der Waals surface area contributed by atoms with Crippen molar-refractivity contribution in [3.63, 3.8) is 0 Å². The Labute approximate surface area is 305 Å². The van der Waals surface area contributed by atoms with Crippen molar-refractivity contribution in [2.45, 2.75) is 100 Å². The number of methoxy groups -OCH3 is 2. The number of nitrogens with one attached hydrogen (secondary N) is 2. The molecular weight excluding hydrogens is 660 g/mol. The Kier molecular flexibility index (Phi) is 7.58. The van der Waals surface area contributed by atoms with Gasteiger partial charge in [0.05, 0.1) is 40.6 Å². The van der Waals surface area contributed by atoms with Crippen LogP contribution in [0.25, 0.3) is 11.1 Å². The zero-order valence-electron chi connectivity index (χ0n) is 30.4. The maximum absolute atomic E-state index is 6.49. The topological polar surface area (TPSA) is 97.9 Å². The molecule has 52 heavy (non-hydrogen) atoms. The van der Waals surface area contributed by atoms with Gasteiger partial charge in [-0.15, -0.1) is 0 Å². The smallest absolute Gasteiger partial charge is 0.210 e. The molecule has 276 valence electrons. The molecule has 4 aliphatic heterocycles. The molecule has 0 unspecified atom stereocenters. The predicted octanol–water partition coefficient (Wildman–Crippen LogP) is 5.34. The van der Waals surface area contributed by atoms with Crippen LogP contribution in [0.4, 0.5) is 0 Å². The van der Waals surface area contributed by atoms with E-state index >= 15 is 0 Å². The van der Waals surface area contributed by atoms with E-state index in [1.807, 2.05) is 12.1 Å². The van der Waals surface area contributed by atoms with E-state index in [1.54, 1.807) is 14.2 Å². The normalized spacial score (nSPS) is 30.5. The highest BCUT2D eigenvalue weighted by atomic mass is 16.8. The molecule has 0 bridgehead atoms. The average molecular weight is 711 g/mol. The van der Waals surface area contributed by atoms with Crippen LogP contribution in [0.15, 0.2) is 35.4 Å². The fraction of sp³-hybridized carbons (Fsp3) is 0.619. The summed E-state index contributed by atoms with van der Waals surface area (Å²) in [6.07, 6.45) is 11.0. The molecule has 6 aliphatic carbocycles. The molecule has 4 heterocycles. The van der Waals surface area contributed by atoms with Gasteiger partial charge in [-0.2, -0.15) is 0 Å². The monoisotopic (exact) mass is 710 g/mol. The third-order valence-electron chi connectivity index (χ3n) is 13.3. The van der Waals surface area contributed by atoms with Crippen molar-refractivity contribution in [1.29, 1.82) is 0 Å². The van der Waals surface area contributed by atoms with Crippen LogP contribution >= 0.6 is 0 Å². The summed E-state index contributed by atoms with van der Waals surface area (Å²) in [7, 11) is 3.42. The maximum Gasteiger partial charge on any atom is 0.210 e. The highest BCUT2D eigenvalue weighted by Crippen LogP contribution is 2.59. The fourth-order valence-electron chi connectivity index (χ4n) is 10.3. The molecule has 4 atom stereocenters. The molecule has 2 saturated carbocycles. The van der Waals surface area contributed by atoms with Gasteiger partial charge >= 0.3 is 0 Å². The summed E-state index contributed by atoms with van der Waals surface area (Å²) >= 11 is 0. The molecule has 0 aromatic heterocycles. The van der Waals surface area contributed by atoms with E-state index in [0.29, 0.717) is 38.5 Å². The van der Waals surface area contributed by atoms with E-state index in [4.69, 9.17) is 37.9 Å². The van der Waals surface area contributed by atoms with Gasteiger partial charge in [0.1, 0.15) is 0 Å². The molecule has 12 rings (SSSR count). The zero-order chi connectivity index (χ0) is 34.6. The number of hydrogen-bond acceptors (Lipinski definition) is 10. The number of fused-ring (bicyclic) bond motifs is 2. The Hall–Kier alpha value is -3.12. The molecule has 0 amide bonds. The Balaban J connectivity index is 0.000000123. The molecule has 2 N–H and O–H groups in total. The van der Waals surface area contributed by atoms with Crippen LogP contribution in [-0.2, 0) is 31.8 Å². The minimum atomic E-state index is -0.626. The number of rotatable bonds is 8. The molecule has 0 radical (unpaired) electrons. The van der Waals surface area contributed by atoms with Gasteiger partial charge in [-0.05, 0) is 111 Å². The summed E-state index contributed by atoms with van der Waals surface area (Å²) in [4.78, 5) is 0. The summed E-state index contributed by atoms with van der Waals surface area (Å²) in [6.45, 7) is 4.84.